The molecule has 0 amide bonds. The van der Waals surface area contributed by atoms with Gasteiger partial charge in [-0.05, 0) is 38.8 Å². The van der Waals surface area contributed by atoms with Gasteiger partial charge in [0.15, 0.2) is 0 Å². The van der Waals surface area contributed by atoms with E-state index in [2.05, 4.69) is 5.32 Å². The van der Waals surface area contributed by atoms with Crippen molar-refractivity contribution < 1.29 is 15.0 Å². The summed E-state index contributed by atoms with van der Waals surface area (Å²) in [5.74, 6) is -0.742. The van der Waals surface area contributed by atoms with Crippen LogP contribution in [0.25, 0.3) is 0 Å². The Balaban J connectivity index is 3.30. The van der Waals surface area contributed by atoms with Crippen LogP contribution in [0.4, 0.5) is 0 Å². The second-order valence-electron chi connectivity index (χ2n) is 7.10. The van der Waals surface area contributed by atoms with Gasteiger partial charge in [0.1, 0.15) is 6.04 Å². The molecule has 0 aromatic rings. The minimum absolute atomic E-state index is 0.334. The van der Waals surface area contributed by atoms with E-state index < -0.39 is 12.0 Å². The highest BCUT2D eigenvalue weighted by molar-refractivity contribution is 5.73. The molecule has 5 N–H and O–H groups in total. The lowest BCUT2D eigenvalue weighted by Crippen LogP contribution is -2.37. The molecule has 0 aliphatic rings. The Morgan fingerprint density at radius 1 is 0.760 bits per heavy atom. The number of carbonyl (C=O) groups is 1. The molecule has 0 bridgehead atoms. The van der Waals surface area contributed by atoms with Gasteiger partial charge in [-0.25, -0.2) is 0 Å². The first-order valence-corrected chi connectivity index (χ1v) is 10.5. The second-order valence-corrected chi connectivity index (χ2v) is 7.10. The Morgan fingerprint density at radius 2 is 1.24 bits per heavy atom. The molecule has 1 atom stereocenters. The van der Waals surface area contributed by atoms with E-state index in [0.29, 0.717) is 19.6 Å². The zero-order valence-corrected chi connectivity index (χ0v) is 16.2. The van der Waals surface area contributed by atoms with E-state index in [1.165, 1.54) is 64.2 Å². The zero-order chi connectivity index (χ0) is 18.6. The largest absolute Gasteiger partial charge is 0.480 e. The van der Waals surface area contributed by atoms with E-state index in [9.17, 15) is 9.90 Å². The van der Waals surface area contributed by atoms with Crippen molar-refractivity contribution in [3.63, 3.8) is 0 Å². The van der Waals surface area contributed by atoms with Gasteiger partial charge in [-0.15, -0.1) is 0 Å². The average Bonchev–Trinajstić information content (AvgIpc) is 2.60. The molecule has 0 spiro atoms. The minimum atomic E-state index is -0.742. The summed E-state index contributed by atoms with van der Waals surface area (Å²) < 4.78 is 0. The number of hydrogen-bond donors (Lipinski definition) is 4. The van der Waals surface area contributed by atoms with Gasteiger partial charge in [-0.1, -0.05) is 70.6 Å². The van der Waals surface area contributed by atoms with Crippen molar-refractivity contribution in [1.82, 2.24) is 5.32 Å². The number of carboxylic acids is 1. The number of aliphatic hydroxyl groups is 1. The van der Waals surface area contributed by atoms with Gasteiger partial charge in [-0.2, -0.15) is 0 Å². The average molecular weight is 359 g/mol. The molecule has 5 nitrogen and oxygen atoms in total. The Hall–Kier alpha value is -0.650. The summed E-state index contributed by atoms with van der Waals surface area (Å²) in [7, 11) is 0. The van der Waals surface area contributed by atoms with Crippen molar-refractivity contribution in [3.8, 4) is 0 Å². The normalized spacial score (nSPS) is 12.4. The van der Waals surface area contributed by atoms with Crippen LogP contribution in [-0.2, 0) is 4.79 Å². The zero-order valence-electron chi connectivity index (χ0n) is 16.2. The molecule has 0 aliphatic carbocycles. The monoisotopic (exact) mass is 358 g/mol. The second kappa shape index (κ2) is 19.7. The molecular formula is C20H42N2O3. The fourth-order valence-corrected chi connectivity index (χ4v) is 3.09. The van der Waals surface area contributed by atoms with Crippen LogP contribution in [-0.4, -0.2) is 41.9 Å². The molecule has 25 heavy (non-hydrogen) atoms. The Bertz CT molecular complexity index is 288. The van der Waals surface area contributed by atoms with Crippen molar-refractivity contribution in [3.05, 3.63) is 0 Å². The van der Waals surface area contributed by atoms with E-state index in [0.717, 1.165) is 32.2 Å². The van der Waals surface area contributed by atoms with Crippen molar-refractivity contribution in [2.75, 3.05) is 19.7 Å². The first-order chi connectivity index (χ1) is 12.2. The topological polar surface area (TPSA) is 95.6 Å². The summed E-state index contributed by atoms with van der Waals surface area (Å²) in [6.45, 7) is 1.77. The highest BCUT2D eigenvalue weighted by Gasteiger charge is 2.15. The van der Waals surface area contributed by atoms with Gasteiger partial charge in [0, 0.05) is 6.61 Å². The number of aliphatic carboxylic acids is 1. The number of rotatable bonds is 20. The summed E-state index contributed by atoms with van der Waals surface area (Å²) in [4.78, 5) is 11.2. The number of nitrogens with two attached hydrogens (primary N) is 1. The summed E-state index contributed by atoms with van der Waals surface area (Å²) in [5, 5.41) is 21.0. The maximum atomic E-state index is 11.2. The van der Waals surface area contributed by atoms with Gasteiger partial charge in [-0.3, -0.25) is 4.79 Å². The summed E-state index contributed by atoms with van der Waals surface area (Å²) in [6.07, 6.45) is 17.2. The van der Waals surface area contributed by atoms with E-state index in [4.69, 9.17) is 10.8 Å². The summed E-state index contributed by atoms with van der Waals surface area (Å²) in [5.41, 5.74) is 5.45. The number of aliphatic hydroxyl groups excluding tert-OH is 1. The van der Waals surface area contributed by atoms with Gasteiger partial charge in [0.05, 0.1) is 0 Å². The molecule has 0 unspecified atom stereocenters. The van der Waals surface area contributed by atoms with Crippen molar-refractivity contribution >= 4 is 5.97 Å². The fourth-order valence-electron chi connectivity index (χ4n) is 3.09. The lowest BCUT2D eigenvalue weighted by Gasteiger charge is -2.14. The summed E-state index contributed by atoms with van der Waals surface area (Å²) >= 11 is 0. The molecule has 0 aliphatic heterocycles. The summed E-state index contributed by atoms with van der Waals surface area (Å²) in [6, 6.07) is -0.413. The van der Waals surface area contributed by atoms with Crippen LogP contribution < -0.4 is 11.1 Å². The molecule has 0 fully saturated rings. The maximum Gasteiger partial charge on any atom is 0.320 e. The van der Waals surface area contributed by atoms with E-state index >= 15 is 0 Å². The third-order valence-corrected chi connectivity index (χ3v) is 4.72. The molecule has 0 heterocycles. The first-order valence-electron chi connectivity index (χ1n) is 10.5. The Kier molecular flexibility index (Phi) is 19.2. The lowest BCUT2D eigenvalue weighted by atomic mass is 10.0. The first kappa shape index (κ1) is 24.4. The smallest absolute Gasteiger partial charge is 0.320 e. The number of nitrogens with one attached hydrogen (secondary N) is 1. The molecule has 0 radical (unpaired) electrons. The molecule has 150 valence electrons. The van der Waals surface area contributed by atoms with Crippen LogP contribution in [0.1, 0.15) is 96.3 Å². The SMILES string of the molecule is NCCCC[C@H](NCCCCCCCCCCCCCCO)C(=O)O. The van der Waals surface area contributed by atoms with Crippen LogP contribution >= 0.6 is 0 Å². The molecule has 5 heteroatoms. The highest BCUT2D eigenvalue weighted by Crippen LogP contribution is 2.12. The van der Waals surface area contributed by atoms with E-state index in [1.807, 2.05) is 0 Å². The fraction of sp³-hybridized carbons (Fsp3) is 0.950. The molecule has 0 saturated heterocycles. The number of carboxylic acid groups (broad SMARTS) is 1. The van der Waals surface area contributed by atoms with Gasteiger partial charge in [0.25, 0.3) is 0 Å². The number of unbranched alkanes of at least 4 members (excludes halogenated alkanes) is 12. The minimum Gasteiger partial charge on any atom is -0.480 e. The predicted molar refractivity (Wildman–Crippen MR) is 105 cm³/mol. The van der Waals surface area contributed by atoms with Crippen LogP contribution in [0.15, 0.2) is 0 Å². The van der Waals surface area contributed by atoms with Crippen molar-refractivity contribution in [2.45, 2.75) is 102 Å². The van der Waals surface area contributed by atoms with Gasteiger partial charge < -0.3 is 21.3 Å². The molecular weight excluding hydrogens is 316 g/mol. The number of hydrogen-bond acceptors (Lipinski definition) is 4. The van der Waals surface area contributed by atoms with Crippen LogP contribution in [0.5, 0.6) is 0 Å². The third-order valence-electron chi connectivity index (χ3n) is 4.72. The van der Waals surface area contributed by atoms with Crippen LogP contribution in [0.2, 0.25) is 0 Å². The van der Waals surface area contributed by atoms with Crippen molar-refractivity contribution in [2.24, 2.45) is 5.73 Å². The van der Waals surface area contributed by atoms with Crippen LogP contribution in [0, 0.1) is 0 Å². The molecule has 0 aromatic heterocycles. The maximum absolute atomic E-state index is 11.2. The highest BCUT2D eigenvalue weighted by atomic mass is 16.4. The van der Waals surface area contributed by atoms with Crippen molar-refractivity contribution in [1.29, 1.82) is 0 Å². The quantitative estimate of drug-likeness (QED) is 0.248. The molecule has 0 rings (SSSR count). The van der Waals surface area contributed by atoms with Gasteiger partial charge >= 0.3 is 5.97 Å². The molecule has 0 saturated carbocycles. The van der Waals surface area contributed by atoms with E-state index in [1.54, 1.807) is 0 Å². The third kappa shape index (κ3) is 18.0. The predicted octanol–water partition coefficient (Wildman–Crippen LogP) is 3.83. The van der Waals surface area contributed by atoms with Crippen LogP contribution in [0.3, 0.4) is 0 Å². The Morgan fingerprint density at radius 3 is 1.68 bits per heavy atom. The molecule has 0 aromatic carbocycles. The van der Waals surface area contributed by atoms with Gasteiger partial charge in [0.2, 0.25) is 0 Å². The Labute approximate surface area is 154 Å². The van der Waals surface area contributed by atoms with E-state index in [-0.39, 0.29) is 0 Å². The lowest BCUT2D eigenvalue weighted by molar-refractivity contribution is -0.139. The standard InChI is InChI=1S/C20H42N2O3/c21-16-12-11-15-19(20(24)25)22-17-13-9-7-5-3-1-2-4-6-8-10-14-18-23/h19,22-23H,1-18,21H2,(H,24,25)/t19-/m0/s1.